The number of carbonyl (C=O) groups excluding carboxylic acids is 2. The van der Waals surface area contributed by atoms with Crippen molar-refractivity contribution >= 4 is 33.0 Å². The van der Waals surface area contributed by atoms with Crippen molar-refractivity contribution in [1.82, 2.24) is 10.6 Å². The topological polar surface area (TPSA) is 102 Å². The fourth-order valence-corrected chi connectivity index (χ4v) is 5.03. The van der Waals surface area contributed by atoms with E-state index in [0.29, 0.717) is 4.88 Å². The van der Waals surface area contributed by atoms with E-state index in [-0.39, 0.29) is 24.6 Å². The van der Waals surface area contributed by atoms with E-state index in [4.69, 9.17) is 4.74 Å². The van der Waals surface area contributed by atoms with Crippen molar-refractivity contribution in [3.63, 3.8) is 0 Å². The number of nitrogens with one attached hydrogen (secondary N) is 2. The van der Waals surface area contributed by atoms with Gasteiger partial charge in [0, 0.05) is 25.1 Å². The molecular formula is C17H20N2O5S2. The number of sulfone groups is 1. The lowest BCUT2D eigenvalue weighted by molar-refractivity contribution is -0.139. The van der Waals surface area contributed by atoms with Crippen LogP contribution in [0.25, 0.3) is 0 Å². The Morgan fingerprint density at radius 2 is 1.77 bits per heavy atom. The molecule has 2 N–H and O–H groups in total. The average Bonchev–Trinajstić information content (AvgIpc) is 3.16. The first-order valence-electron chi connectivity index (χ1n) is 7.84. The predicted molar refractivity (Wildman–Crippen MR) is 98.6 cm³/mol. The van der Waals surface area contributed by atoms with Crippen LogP contribution in [-0.2, 0) is 24.2 Å². The first-order chi connectivity index (χ1) is 12.5. The van der Waals surface area contributed by atoms with E-state index in [1.54, 1.807) is 35.7 Å². The Hall–Kier alpha value is -2.23. The van der Waals surface area contributed by atoms with Gasteiger partial charge in [-0.05, 0) is 23.6 Å². The summed E-state index contributed by atoms with van der Waals surface area (Å²) in [5.74, 6) is -1.71. The van der Waals surface area contributed by atoms with E-state index in [9.17, 15) is 18.0 Å². The first kappa shape index (κ1) is 20.1. The normalized spacial score (nSPS) is 12.3. The maximum absolute atomic E-state index is 13.0. The SMILES string of the molecule is COCCNC(=O)C(=O)NC[C@@H](c1cccs1)S(=O)(=O)c1ccccc1. The second-order valence-corrected chi connectivity index (χ2v) is 8.43. The lowest BCUT2D eigenvalue weighted by atomic mass is 10.3. The molecular weight excluding hydrogens is 376 g/mol. The summed E-state index contributed by atoms with van der Waals surface area (Å²) in [4.78, 5) is 24.4. The van der Waals surface area contributed by atoms with Gasteiger partial charge in [0.05, 0.1) is 11.5 Å². The molecule has 0 saturated carbocycles. The molecule has 7 nitrogen and oxygen atoms in total. The molecule has 0 radical (unpaired) electrons. The zero-order chi connectivity index (χ0) is 19.0. The van der Waals surface area contributed by atoms with Crippen molar-refractivity contribution < 1.29 is 22.7 Å². The number of ether oxygens (including phenoxy) is 1. The van der Waals surface area contributed by atoms with Crippen molar-refractivity contribution in [3.8, 4) is 0 Å². The van der Waals surface area contributed by atoms with Gasteiger partial charge in [-0.3, -0.25) is 9.59 Å². The molecule has 140 valence electrons. The summed E-state index contributed by atoms with van der Waals surface area (Å²) in [5, 5.41) is 5.59. The molecule has 0 bridgehead atoms. The second-order valence-electron chi connectivity index (χ2n) is 5.32. The van der Waals surface area contributed by atoms with Crippen LogP contribution in [0.5, 0.6) is 0 Å². The molecule has 0 unspecified atom stereocenters. The first-order valence-corrected chi connectivity index (χ1v) is 10.3. The third-order valence-electron chi connectivity index (χ3n) is 3.55. The number of hydrogen-bond acceptors (Lipinski definition) is 6. The minimum absolute atomic E-state index is 0.164. The minimum atomic E-state index is -3.72. The van der Waals surface area contributed by atoms with E-state index in [2.05, 4.69) is 10.6 Å². The molecule has 0 saturated heterocycles. The number of benzene rings is 1. The van der Waals surface area contributed by atoms with Gasteiger partial charge < -0.3 is 15.4 Å². The molecule has 0 aliphatic heterocycles. The standard InChI is InChI=1S/C17H20N2O5S2/c1-24-10-9-18-16(20)17(21)19-12-15(14-8-5-11-25-14)26(22,23)13-6-3-2-4-7-13/h2-8,11,15H,9-10,12H2,1H3,(H,18,20)(H,19,21)/t15-/m0/s1. The van der Waals surface area contributed by atoms with Gasteiger partial charge in [-0.15, -0.1) is 11.3 Å². The highest BCUT2D eigenvalue weighted by molar-refractivity contribution is 7.91. The fourth-order valence-electron chi connectivity index (χ4n) is 2.22. The highest BCUT2D eigenvalue weighted by atomic mass is 32.2. The van der Waals surface area contributed by atoms with Crippen molar-refractivity contribution in [2.24, 2.45) is 0 Å². The van der Waals surface area contributed by atoms with Crippen LogP contribution in [0.15, 0.2) is 52.7 Å². The number of rotatable bonds is 8. The van der Waals surface area contributed by atoms with Crippen LogP contribution in [0.2, 0.25) is 0 Å². The summed E-state index contributed by atoms with van der Waals surface area (Å²) >= 11 is 1.28. The van der Waals surface area contributed by atoms with Crippen molar-refractivity contribution in [2.45, 2.75) is 10.1 Å². The van der Waals surface area contributed by atoms with Gasteiger partial charge >= 0.3 is 11.8 Å². The number of amides is 2. The quantitative estimate of drug-likeness (QED) is 0.515. The lowest BCUT2D eigenvalue weighted by Crippen LogP contribution is -2.43. The monoisotopic (exact) mass is 396 g/mol. The maximum atomic E-state index is 13.0. The van der Waals surface area contributed by atoms with E-state index in [1.807, 2.05) is 0 Å². The number of hydrogen-bond donors (Lipinski definition) is 2. The zero-order valence-corrected chi connectivity index (χ0v) is 15.8. The fraction of sp³-hybridized carbons (Fsp3) is 0.294. The molecule has 2 aromatic rings. The summed E-state index contributed by atoms with van der Waals surface area (Å²) in [7, 11) is -2.24. The third-order valence-corrected chi connectivity index (χ3v) is 6.79. The van der Waals surface area contributed by atoms with Gasteiger partial charge in [0.2, 0.25) is 0 Å². The summed E-state index contributed by atoms with van der Waals surface area (Å²) < 4.78 is 30.7. The molecule has 1 aromatic heterocycles. The van der Waals surface area contributed by atoms with Crippen molar-refractivity contribution in [3.05, 3.63) is 52.7 Å². The predicted octanol–water partition coefficient (Wildman–Crippen LogP) is 1.14. The average molecular weight is 396 g/mol. The molecule has 0 aliphatic carbocycles. The smallest absolute Gasteiger partial charge is 0.309 e. The number of thiophene rings is 1. The number of methoxy groups -OCH3 is 1. The summed E-state index contributed by atoms with van der Waals surface area (Å²) in [5.41, 5.74) is 0. The van der Waals surface area contributed by atoms with Crippen LogP contribution in [0.1, 0.15) is 10.1 Å². The molecule has 2 amide bonds. The van der Waals surface area contributed by atoms with Crippen LogP contribution in [0, 0.1) is 0 Å². The Morgan fingerprint density at radius 3 is 2.38 bits per heavy atom. The molecule has 1 aromatic carbocycles. The second kappa shape index (κ2) is 9.46. The highest BCUT2D eigenvalue weighted by Crippen LogP contribution is 2.31. The number of carbonyl (C=O) groups is 2. The molecule has 9 heteroatoms. The largest absolute Gasteiger partial charge is 0.383 e. The van der Waals surface area contributed by atoms with Crippen LogP contribution in [0.3, 0.4) is 0 Å². The highest BCUT2D eigenvalue weighted by Gasteiger charge is 2.31. The lowest BCUT2D eigenvalue weighted by Gasteiger charge is -2.17. The van der Waals surface area contributed by atoms with Gasteiger partial charge in [0.1, 0.15) is 5.25 Å². The molecule has 1 heterocycles. The molecule has 2 rings (SSSR count). The van der Waals surface area contributed by atoms with Gasteiger partial charge in [0.15, 0.2) is 9.84 Å². The van der Waals surface area contributed by atoms with Gasteiger partial charge in [-0.2, -0.15) is 0 Å². The molecule has 0 spiro atoms. The Balaban J connectivity index is 2.12. The summed E-state index contributed by atoms with van der Waals surface area (Å²) in [6.45, 7) is 0.271. The van der Waals surface area contributed by atoms with Crippen LogP contribution in [0.4, 0.5) is 0 Å². The Kier molecular flexibility index (Phi) is 7.31. The Bertz CT molecular complexity index is 820. The van der Waals surface area contributed by atoms with Crippen molar-refractivity contribution in [2.75, 3.05) is 26.8 Å². The van der Waals surface area contributed by atoms with Crippen LogP contribution >= 0.6 is 11.3 Å². The van der Waals surface area contributed by atoms with Crippen LogP contribution in [-0.4, -0.2) is 47.0 Å². The molecule has 26 heavy (non-hydrogen) atoms. The van der Waals surface area contributed by atoms with E-state index >= 15 is 0 Å². The van der Waals surface area contributed by atoms with Gasteiger partial charge in [-0.25, -0.2) is 8.42 Å². The molecule has 0 fully saturated rings. The van der Waals surface area contributed by atoms with Gasteiger partial charge in [0.25, 0.3) is 0 Å². The van der Waals surface area contributed by atoms with E-state index in [1.165, 1.54) is 30.6 Å². The summed E-state index contributed by atoms with van der Waals surface area (Å²) in [6, 6.07) is 11.5. The zero-order valence-electron chi connectivity index (χ0n) is 14.2. The van der Waals surface area contributed by atoms with E-state index in [0.717, 1.165) is 0 Å². The molecule has 0 aliphatic rings. The third kappa shape index (κ3) is 5.13. The summed E-state index contributed by atoms with van der Waals surface area (Å²) in [6.07, 6.45) is 0. The minimum Gasteiger partial charge on any atom is -0.383 e. The van der Waals surface area contributed by atoms with Gasteiger partial charge in [-0.1, -0.05) is 24.3 Å². The molecule has 1 atom stereocenters. The van der Waals surface area contributed by atoms with Crippen molar-refractivity contribution in [1.29, 1.82) is 0 Å². The Labute approximate surface area is 156 Å². The van der Waals surface area contributed by atoms with Crippen LogP contribution < -0.4 is 10.6 Å². The Morgan fingerprint density at radius 1 is 1.08 bits per heavy atom. The maximum Gasteiger partial charge on any atom is 0.309 e. The van der Waals surface area contributed by atoms with E-state index < -0.39 is 26.9 Å².